The van der Waals surface area contributed by atoms with Crippen LogP contribution < -0.4 is 19.5 Å². The van der Waals surface area contributed by atoms with Crippen LogP contribution >= 0.6 is 0 Å². The van der Waals surface area contributed by atoms with Crippen molar-refractivity contribution in [1.29, 1.82) is 0 Å². The van der Waals surface area contributed by atoms with E-state index < -0.39 is 91.5 Å². The number of rotatable bonds is 8. The minimum Gasteiger partial charge on any atom is -0.618 e. The van der Waals surface area contributed by atoms with E-state index in [1.165, 1.54) is 47.2 Å². The first-order valence-corrected chi connectivity index (χ1v) is 21.9. The zero-order chi connectivity index (χ0) is 42.4. The molecule has 6 atom stereocenters. The maximum Gasteiger partial charge on any atom is 0.320 e. The first-order chi connectivity index (χ1) is 27.9. The van der Waals surface area contributed by atoms with E-state index >= 15 is 0 Å². The number of allylic oxidation sites excluding steroid dienone is 1. The van der Waals surface area contributed by atoms with Crippen molar-refractivity contribution < 1.29 is 51.0 Å². The fourth-order valence-corrected chi connectivity index (χ4v) is 10.2. The number of ether oxygens (including phenoxy) is 2. The third kappa shape index (κ3) is 8.80. The van der Waals surface area contributed by atoms with E-state index in [9.17, 15) is 42.0 Å². The number of fused-ring (bicyclic) bond motifs is 4. The molecule has 0 spiro atoms. The summed E-state index contributed by atoms with van der Waals surface area (Å²) >= 11 is 0. The Kier molecular flexibility index (Phi) is 11.5. The lowest BCUT2D eigenvalue weighted by molar-refractivity contribution is -0.596. The van der Waals surface area contributed by atoms with Crippen LogP contribution in [0.25, 0.3) is 11.3 Å². The van der Waals surface area contributed by atoms with E-state index in [0.29, 0.717) is 36.8 Å². The molecular formula is C42H52FN5O10S. The molecule has 0 bridgehead atoms. The van der Waals surface area contributed by atoms with Gasteiger partial charge in [-0.2, -0.15) is 4.73 Å². The predicted octanol–water partition coefficient (Wildman–Crippen LogP) is 3.39. The second-order valence-electron chi connectivity index (χ2n) is 17.5. The first-order valence-electron chi connectivity index (χ1n) is 20.4. The largest absolute Gasteiger partial charge is 0.618 e. The van der Waals surface area contributed by atoms with Crippen molar-refractivity contribution in [2.24, 2.45) is 23.7 Å². The summed E-state index contributed by atoms with van der Waals surface area (Å²) in [4.78, 5) is 73.4. The minimum atomic E-state index is -3.96. The average Bonchev–Trinajstić information content (AvgIpc) is 4.07. The van der Waals surface area contributed by atoms with Gasteiger partial charge in [0.2, 0.25) is 27.5 Å². The van der Waals surface area contributed by atoms with Crippen molar-refractivity contribution in [3.8, 4) is 17.0 Å². The van der Waals surface area contributed by atoms with Crippen LogP contribution in [0.2, 0.25) is 0 Å². The normalized spacial score (nSPS) is 27.9. The van der Waals surface area contributed by atoms with Crippen LogP contribution in [0.1, 0.15) is 89.0 Å². The maximum absolute atomic E-state index is 14.7. The molecule has 1 aromatic carbocycles. The third-order valence-corrected chi connectivity index (χ3v) is 13.9. The number of methoxy groups -OCH3 is 1. The van der Waals surface area contributed by atoms with Gasteiger partial charge in [0.05, 0.1) is 24.3 Å². The van der Waals surface area contributed by atoms with Crippen molar-refractivity contribution in [1.82, 2.24) is 19.8 Å². The van der Waals surface area contributed by atoms with Gasteiger partial charge in [0.15, 0.2) is 11.6 Å². The number of amides is 4. The summed E-state index contributed by atoms with van der Waals surface area (Å²) in [5.41, 5.74) is -2.33. The number of pyridine rings is 1. The van der Waals surface area contributed by atoms with E-state index in [1.807, 2.05) is 12.2 Å². The number of carbonyl (C=O) groups is 5. The van der Waals surface area contributed by atoms with E-state index in [4.69, 9.17) is 9.47 Å². The zero-order valence-electron chi connectivity index (χ0n) is 33.8. The molecule has 5 aliphatic rings. The lowest BCUT2D eigenvalue weighted by atomic mass is 9.92. The van der Waals surface area contributed by atoms with Crippen molar-refractivity contribution >= 4 is 39.6 Å². The number of nitrogens with zero attached hydrogens (tertiary/aromatic N) is 3. The summed E-state index contributed by atoms with van der Waals surface area (Å²) < 4.78 is 53.7. The number of hydrogen-bond acceptors (Lipinski definition) is 10. The van der Waals surface area contributed by atoms with Crippen LogP contribution in [0.15, 0.2) is 48.6 Å². The van der Waals surface area contributed by atoms with Crippen LogP contribution in [0, 0.1) is 34.7 Å². The highest BCUT2D eigenvalue weighted by atomic mass is 32.2. The molecule has 15 nitrogen and oxygen atoms in total. The molecule has 2 saturated carbocycles. The number of nitrogens with one attached hydrogen (secondary N) is 2. The quantitative estimate of drug-likeness (QED) is 0.172. The molecule has 2 N–H and O–H groups in total. The molecule has 4 fully saturated rings. The second kappa shape index (κ2) is 16.2. The van der Waals surface area contributed by atoms with E-state index in [2.05, 4.69) is 10.0 Å². The number of esters is 1. The zero-order valence-corrected chi connectivity index (χ0v) is 34.6. The second-order valence-corrected chi connectivity index (χ2v) is 19.5. The highest BCUT2D eigenvalue weighted by Crippen LogP contribution is 2.47. The number of likely N-dealkylation sites (tertiary alicyclic amines) is 1. The molecule has 318 valence electrons. The summed E-state index contributed by atoms with van der Waals surface area (Å²) in [6.45, 7) is 5.33. The third-order valence-electron chi connectivity index (χ3n) is 12.1. The minimum absolute atomic E-state index is 0.00783. The number of sulfonamides is 1. The Labute approximate surface area is 343 Å². The molecule has 2 aromatic rings. The number of benzene rings is 1. The molecule has 0 unspecified atom stereocenters. The van der Waals surface area contributed by atoms with Gasteiger partial charge in [0.25, 0.3) is 11.6 Å². The Hall–Kier alpha value is -5.06. The Bertz CT molecular complexity index is 2170. The average molecular weight is 838 g/mol. The number of aromatic nitrogens is 1. The van der Waals surface area contributed by atoms with Crippen LogP contribution in [-0.4, -0.2) is 97.0 Å². The maximum atomic E-state index is 14.7. The number of hydrogen-bond donors (Lipinski definition) is 2. The van der Waals surface area contributed by atoms with Gasteiger partial charge < -0.3 is 29.8 Å². The van der Waals surface area contributed by atoms with Crippen LogP contribution in [0.4, 0.5) is 4.39 Å². The van der Waals surface area contributed by atoms with Crippen LogP contribution in [0.3, 0.4) is 0 Å². The molecule has 4 heterocycles. The van der Waals surface area contributed by atoms with Gasteiger partial charge in [-0.15, -0.1) is 0 Å². The monoisotopic (exact) mass is 837 g/mol. The summed E-state index contributed by atoms with van der Waals surface area (Å²) in [5, 5.41) is 15.9. The van der Waals surface area contributed by atoms with E-state index in [-0.39, 0.29) is 55.2 Å². The Morgan fingerprint density at radius 2 is 1.81 bits per heavy atom. The van der Waals surface area contributed by atoms with Gasteiger partial charge in [-0.05, 0) is 83.6 Å². The topological polar surface area (TPSA) is 195 Å². The van der Waals surface area contributed by atoms with Crippen molar-refractivity contribution in [2.75, 3.05) is 26.7 Å². The fraction of sp³-hybridized carbons (Fsp3) is 0.571. The molecular weight excluding hydrogens is 786 g/mol. The van der Waals surface area contributed by atoms with Gasteiger partial charge in [0.1, 0.15) is 17.2 Å². The summed E-state index contributed by atoms with van der Waals surface area (Å²) in [6, 6.07) is 7.17. The summed E-state index contributed by atoms with van der Waals surface area (Å²) in [5.74, 6) is -6.17. The molecule has 1 aromatic heterocycles. The highest BCUT2D eigenvalue weighted by molar-refractivity contribution is 7.91. The van der Waals surface area contributed by atoms with Gasteiger partial charge in [-0.1, -0.05) is 25.0 Å². The lowest BCUT2D eigenvalue weighted by Crippen LogP contribution is -2.58. The molecule has 3 aliphatic heterocycles. The van der Waals surface area contributed by atoms with E-state index in [0.717, 1.165) is 18.9 Å². The van der Waals surface area contributed by atoms with Gasteiger partial charge in [-0.3, -0.25) is 28.7 Å². The lowest BCUT2D eigenvalue weighted by Gasteiger charge is -2.32. The molecule has 7 rings (SSSR count). The Morgan fingerprint density at radius 1 is 1.05 bits per heavy atom. The number of halogens is 1. The smallest absolute Gasteiger partial charge is 0.320 e. The molecule has 2 saturated heterocycles. The summed E-state index contributed by atoms with van der Waals surface area (Å²) in [7, 11) is -2.63. The molecule has 4 amide bonds. The molecule has 0 radical (unpaired) electrons. The summed E-state index contributed by atoms with van der Waals surface area (Å²) in [6.07, 6.45) is 7.79. The molecule has 59 heavy (non-hydrogen) atoms. The first kappa shape index (κ1) is 42.1. The van der Waals surface area contributed by atoms with E-state index in [1.54, 1.807) is 20.8 Å². The van der Waals surface area contributed by atoms with Gasteiger partial charge in [0, 0.05) is 55.4 Å². The van der Waals surface area contributed by atoms with Crippen molar-refractivity contribution in [3.05, 3.63) is 65.3 Å². The SMILES string of the molecule is COc1ccc(-c2cccc(C(=O)N3C[C@H]4CN5C(=O)[C@@H](CC(=O)OC(C)(C)C)CCCCC/C=C\[C@@H]6C[C@@]6(C(=O)NS(=O)(=O)C6CC6)NC(=O)[C@@H]5[C@H]4C3)[n+]2[O-])cc1F. The van der Waals surface area contributed by atoms with Crippen molar-refractivity contribution in [3.63, 3.8) is 0 Å². The standard InChI is InChI=1S/C42H52FN5O10S/c1-41(2,3)58-35(49)20-26-11-8-6-5-7-9-12-28-21-42(28,40(53)45-59(55,56)29-16-17-29)44-37(50)36-30-24-46(22-27(30)23-47(36)38(26)51)39(52)33-14-10-13-32(48(33)54)25-15-18-34(57-4)31(43)19-25/h9-10,12-15,18-19,26-30,36H,5-8,11,16-17,20-24H2,1-4H3,(H,44,50)(H,45,53)/b12-9-/t26-,27+,28-,30+,36+,42-/m1/s1. The van der Waals surface area contributed by atoms with Crippen molar-refractivity contribution in [2.45, 2.75) is 101 Å². The Balaban J connectivity index is 1.19. The molecule has 2 aliphatic carbocycles. The fourth-order valence-electron chi connectivity index (χ4n) is 8.81. The Morgan fingerprint density at radius 3 is 2.51 bits per heavy atom. The van der Waals surface area contributed by atoms with Gasteiger partial charge >= 0.3 is 11.9 Å². The predicted molar refractivity (Wildman–Crippen MR) is 211 cm³/mol. The van der Waals surface area contributed by atoms with Crippen LogP contribution in [-0.2, 0) is 33.9 Å². The van der Waals surface area contributed by atoms with Gasteiger partial charge in [-0.25, -0.2) is 12.8 Å². The van der Waals surface area contributed by atoms with Crippen LogP contribution in [0.5, 0.6) is 5.75 Å². The molecule has 17 heteroatoms. The highest BCUT2D eigenvalue weighted by Gasteiger charge is 2.63. The number of carbonyl (C=O) groups excluding carboxylic acids is 5.